The number of carbonyl (C=O) groups excluding carboxylic acids is 2. The zero-order valence-electron chi connectivity index (χ0n) is 13.6. The molecule has 3 aromatic carbocycles. The molecule has 0 heterocycles. The van der Waals surface area contributed by atoms with Crippen LogP contribution < -0.4 is 4.74 Å². The predicted octanol–water partition coefficient (Wildman–Crippen LogP) is 4.50. The number of benzene rings is 3. The van der Waals surface area contributed by atoms with Gasteiger partial charge in [0, 0.05) is 11.1 Å². The summed E-state index contributed by atoms with van der Waals surface area (Å²) in [7, 11) is 1.32. The standard InChI is InChI=1S/C21H16O4/c1-24-21(23)17-9-7-15(8-10-17)20(22)16-11-13-19(14-12-16)25-18-5-3-2-4-6-18/h2-14H,1H3. The lowest BCUT2D eigenvalue weighted by atomic mass is 10.0. The lowest BCUT2D eigenvalue weighted by molar-refractivity contribution is 0.0600. The van der Waals surface area contributed by atoms with E-state index >= 15 is 0 Å². The van der Waals surface area contributed by atoms with Gasteiger partial charge >= 0.3 is 5.97 Å². The van der Waals surface area contributed by atoms with E-state index in [1.807, 2.05) is 30.3 Å². The molecule has 3 aromatic rings. The molecule has 0 spiro atoms. The first-order valence-electron chi connectivity index (χ1n) is 7.73. The fraction of sp³-hybridized carbons (Fsp3) is 0.0476. The Hall–Kier alpha value is -3.40. The van der Waals surface area contributed by atoms with Crippen LogP contribution in [0.4, 0.5) is 0 Å². The highest BCUT2D eigenvalue weighted by atomic mass is 16.5. The minimum atomic E-state index is -0.429. The van der Waals surface area contributed by atoms with Crippen molar-refractivity contribution in [2.75, 3.05) is 7.11 Å². The lowest BCUT2D eigenvalue weighted by Crippen LogP contribution is -2.04. The van der Waals surface area contributed by atoms with E-state index in [4.69, 9.17) is 4.74 Å². The van der Waals surface area contributed by atoms with Crippen LogP contribution in [0.5, 0.6) is 11.5 Å². The molecule has 0 saturated heterocycles. The normalized spacial score (nSPS) is 10.1. The van der Waals surface area contributed by atoms with Crippen LogP contribution in [0.1, 0.15) is 26.3 Å². The third kappa shape index (κ3) is 3.93. The molecule has 25 heavy (non-hydrogen) atoms. The average Bonchev–Trinajstić information content (AvgIpc) is 2.68. The summed E-state index contributed by atoms with van der Waals surface area (Å²) in [4.78, 5) is 23.9. The smallest absolute Gasteiger partial charge is 0.337 e. The van der Waals surface area contributed by atoms with E-state index in [1.54, 1.807) is 48.5 Å². The first-order valence-corrected chi connectivity index (χ1v) is 7.73. The van der Waals surface area contributed by atoms with Crippen LogP contribution in [0.25, 0.3) is 0 Å². The van der Waals surface area contributed by atoms with Gasteiger partial charge in [-0.25, -0.2) is 4.79 Å². The van der Waals surface area contributed by atoms with Gasteiger partial charge in [-0.3, -0.25) is 4.79 Å². The van der Waals surface area contributed by atoms with Crippen LogP contribution in [0.3, 0.4) is 0 Å². The van der Waals surface area contributed by atoms with E-state index in [9.17, 15) is 9.59 Å². The van der Waals surface area contributed by atoms with E-state index in [0.717, 1.165) is 5.75 Å². The van der Waals surface area contributed by atoms with Gasteiger partial charge in [0.1, 0.15) is 11.5 Å². The molecule has 4 heteroatoms. The number of rotatable bonds is 5. The van der Waals surface area contributed by atoms with Crippen LogP contribution >= 0.6 is 0 Å². The van der Waals surface area contributed by atoms with Crippen LogP contribution in [-0.4, -0.2) is 18.9 Å². The van der Waals surface area contributed by atoms with Gasteiger partial charge in [0.2, 0.25) is 0 Å². The highest BCUT2D eigenvalue weighted by molar-refractivity contribution is 6.09. The lowest BCUT2D eigenvalue weighted by Gasteiger charge is -2.07. The third-order valence-electron chi connectivity index (χ3n) is 3.66. The SMILES string of the molecule is COC(=O)c1ccc(C(=O)c2ccc(Oc3ccccc3)cc2)cc1. The van der Waals surface area contributed by atoms with E-state index in [2.05, 4.69) is 4.74 Å². The van der Waals surface area contributed by atoms with E-state index in [-0.39, 0.29) is 5.78 Å². The molecule has 0 saturated carbocycles. The molecule has 0 amide bonds. The monoisotopic (exact) mass is 332 g/mol. The fourth-order valence-corrected chi connectivity index (χ4v) is 2.34. The molecule has 0 N–H and O–H groups in total. The third-order valence-corrected chi connectivity index (χ3v) is 3.66. The predicted molar refractivity (Wildman–Crippen MR) is 94.2 cm³/mol. The molecule has 0 radical (unpaired) electrons. The molecule has 0 aliphatic heterocycles. The van der Waals surface area contributed by atoms with Gasteiger partial charge in [-0.15, -0.1) is 0 Å². The molecule has 0 unspecified atom stereocenters. The van der Waals surface area contributed by atoms with Gasteiger partial charge in [-0.2, -0.15) is 0 Å². The first-order chi connectivity index (χ1) is 12.2. The van der Waals surface area contributed by atoms with Crippen molar-refractivity contribution in [2.45, 2.75) is 0 Å². The molecular weight excluding hydrogens is 316 g/mol. The molecule has 0 bridgehead atoms. The van der Waals surface area contributed by atoms with E-state index in [1.165, 1.54) is 7.11 Å². The summed E-state index contributed by atoms with van der Waals surface area (Å²) in [5.41, 5.74) is 1.46. The Balaban J connectivity index is 1.73. The molecule has 0 aromatic heterocycles. The van der Waals surface area contributed by atoms with Gasteiger partial charge in [-0.1, -0.05) is 30.3 Å². The summed E-state index contributed by atoms with van der Waals surface area (Å²) >= 11 is 0. The molecule has 0 atom stereocenters. The van der Waals surface area contributed by atoms with Crippen molar-refractivity contribution in [1.29, 1.82) is 0 Å². The Kier molecular flexibility index (Phi) is 4.90. The number of ketones is 1. The minimum Gasteiger partial charge on any atom is -0.465 e. The summed E-state index contributed by atoms with van der Waals surface area (Å²) in [6, 6.07) is 22.7. The topological polar surface area (TPSA) is 52.6 Å². The summed E-state index contributed by atoms with van der Waals surface area (Å²) < 4.78 is 10.4. The first kappa shape index (κ1) is 16.5. The number of hydrogen-bond acceptors (Lipinski definition) is 4. The second-order valence-corrected chi connectivity index (χ2v) is 5.34. The van der Waals surface area contributed by atoms with Crippen molar-refractivity contribution in [3.63, 3.8) is 0 Å². The minimum absolute atomic E-state index is 0.123. The van der Waals surface area contributed by atoms with E-state index in [0.29, 0.717) is 22.4 Å². The van der Waals surface area contributed by atoms with Gasteiger partial charge in [0.05, 0.1) is 12.7 Å². The Morgan fingerprint density at radius 1 is 0.640 bits per heavy atom. The highest BCUT2D eigenvalue weighted by Gasteiger charge is 2.11. The molecule has 0 fully saturated rings. The maximum Gasteiger partial charge on any atom is 0.337 e. The fourth-order valence-electron chi connectivity index (χ4n) is 2.34. The maximum absolute atomic E-state index is 12.5. The number of esters is 1. The molecule has 124 valence electrons. The van der Waals surface area contributed by atoms with Crippen molar-refractivity contribution in [1.82, 2.24) is 0 Å². The quantitative estimate of drug-likeness (QED) is 0.510. The molecular formula is C21H16O4. The number of para-hydroxylation sites is 1. The Labute approximate surface area is 145 Å². The Bertz CT molecular complexity index is 866. The summed E-state index contributed by atoms with van der Waals surface area (Å²) in [5.74, 6) is 0.841. The van der Waals surface area contributed by atoms with Gasteiger partial charge in [-0.05, 0) is 48.5 Å². The highest BCUT2D eigenvalue weighted by Crippen LogP contribution is 2.22. The second-order valence-electron chi connectivity index (χ2n) is 5.34. The summed E-state index contributed by atoms with van der Waals surface area (Å²) in [5, 5.41) is 0. The number of methoxy groups -OCH3 is 1. The van der Waals surface area contributed by atoms with E-state index < -0.39 is 5.97 Å². The number of ether oxygens (including phenoxy) is 2. The molecule has 0 aliphatic rings. The molecule has 4 nitrogen and oxygen atoms in total. The van der Waals surface area contributed by atoms with Gasteiger partial charge in [0.25, 0.3) is 0 Å². The largest absolute Gasteiger partial charge is 0.465 e. The van der Waals surface area contributed by atoms with Crippen molar-refractivity contribution in [3.05, 3.63) is 95.6 Å². The Morgan fingerprint density at radius 2 is 1.12 bits per heavy atom. The maximum atomic E-state index is 12.5. The van der Waals surface area contributed by atoms with Crippen LogP contribution in [0.15, 0.2) is 78.9 Å². The molecule has 3 rings (SSSR count). The zero-order chi connectivity index (χ0) is 17.6. The van der Waals surface area contributed by atoms with Crippen LogP contribution in [-0.2, 0) is 4.74 Å². The van der Waals surface area contributed by atoms with Crippen molar-refractivity contribution in [3.8, 4) is 11.5 Å². The average molecular weight is 332 g/mol. The van der Waals surface area contributed by atoms with Gasteiger partial charge < -0.3 is 9.47 Å². The van der Waals surface area contributed by atoms with Crippen molar-refractivity contribution >= 4 is 11.8 Å². The number of hydrogen-bond donors (Lipinski definition) is 0. The summed E-state index contributed by atoms with van der Waals surface area (Å²) in [6.07, 6.45) is 0. The molecule has 0 aliphatic carbocycles. The second kappa shape index (κ2) is 7.45. The van der Waals surface area contributed by atoms with Crippen molar-refractivity contribution in [2.24, 2.45) is 0 Å². The van der Waals surface area contributed by atoms with Crippen molar-refractivity contribution < 1.29 is 19.1 Å². The zero-order valence-corrected chi connectivity index (χ0v) is 13.6. The Morgan fingerprint density at radius 3 is 1.68 bits per heavy atom. The number of carbonyl (C=O) groups is 2. The van der Waals surface area contributed by atoms with Crippen LogP contribution in [0, 0.1) is 0 Å². The summed E-state index contributed by atoms with van der Waals surface area (Å²) in [6.45, 7) is 0. The van der Waals surface area contributed by atoms with Crippen LogP contribution in [0.2, 0.25) is 0 Å². The van der Waals surface area contributed by atoms with Gasteiger partial charge in [0.15, 0.2) is 5.78 Å².